The Morgan fingerprint density at radius 3 is 2.41 bits per heavy atom. The van der Waals surface area contributed by atoms with Crippen LogP contribution in [-0.2, 0) is 0 Å². The quantitative estimate of drug-likeness (QED) is 0.396. The number of benzene rings is 2. The van der Waals surface area contributed by atoms with E-state index in [1.807, 2.05) is 43.3 Å². The molecule has 7 heteroatoms. The first-order valence-electron chi connectivity index (χ1n) is 8.62. The zero-order valence-corrected chi connectivity index (χ0v) is 16.1. The number of nitrogens with zero attached hydrogens (tertiary/aromatic N) is 1. The maximum Gasteiger partial charge on any atom is 0.251 e. The fraction of sp³-hybridized carbons (Fsp3) is 0.300. The molecule has 7 nitrogen and oxygen atoms in total. The van der Waals surface area contributed by atoms with Crippen LogP contribution in [0, 0.1) is 6.92 Å². The molecule has 27 heavy (non-hydrogen) atoms. The van der Waals surface area contributed by atoms with Crippen LogP contribution < -0.4 is 25.4 Å². The van der Waals surface area contributed by atoms with Crippen LogP contribution in [0.5, 0.6) is 11.5 Å². The average Bonchev–Trinajstić information content (AvgIpc) is 2.69. The number of aliphatic imine (C=N–C) groups is 1. The lowest BCUT2D eigenvalue weighted by Gasteiger charge is -2.14. The molecule has 2 aromatic carbocycles. The largest absolute Gasteiger partial charge is 0.493 e. The number of aryl methyl sites for hydroxylation is 1. The van der Waals surface area contributed by atoms with Crippen LogP contribution in [0.2, 0.25) is 0 Å². The van der Waals surface area contributed by atoms with Gasteiger partial charge in [-0.25, -0.2) is 0 Å². The maximum absolute atomic E-state index is 12.1. The fourth-order valence-corrected chi connectivity index (χ4v) is 2.48. The van der Waals surface area contributed by atoms with E-state index < -0.39 is 0 Å². The fourth-order valence-electron chi connectivity index (χ4n) is 2.48. The molecule has 0 bridgehead atoms. The number of carbonyl (C=O) groups excluding carboxylic acids is 1. The number of carbonyl (C=O) groups is 1. The van der Waals surface area contributed by atoms with Crippen molar-refractivity contribution in [3.63, 3.8) is 0 Å². The van der Waals surface area contributed by atoms with Crippen LogP contribution >= 0.6 is 0 Å². The molecule has 0 atom stereocenters. The van der Waals surface area contributed by atoms with Gasteiger partial charge in [0, 0.05) is 37.5 Å². The summed E-state index contributed by atoms with van der Waals surface area (Å²) in [6, 6.07) is 13.0. The summed E-state index contributed by atoms with van der Waals surface area (Å²) in [4.78, 5) is 16.3. The topological polar surface area (TPSA) is 84.0 Å². The summed E-state index contributed by atoms with van der Waals surface area (Å²) in [7, 11) is 4.86. The number of anilines is 1. The third kappa shape index (κ3) is 5.91. The highest BCUT2D eigenvalue weighted by Gasteiger charge is 2.07. The van der Waals surface area contributed by atoms with E-state index in [-0.39, 0.29) is 5.91 Å². The Kier molecular flexibility index (Phi) is 7.49. The van der Waals surface area contributed by atoms with E-state index >= 15 is 0 Å². The van der Waals surface area contributed by atoms with Crippen LogP contribution in [0.1, 0.15) is 15.9 Å². The van der Waals surface area contributed by atoms with Crippen molar-refractivity contribution in [1.82, 2.24) is 10.6 Å². The summed E-state index contributed by atoms with van der Waals surface area (Å²) in [6.07, 6.45) is 0. The summed E-state index contributed by atoms with van der Waals surface area (Å²) in [5.41, 5.74) is 2.52. The molecule has 0 aliphatic heterocycles. The zero-order valence-electron chi connectivity index (χ0n) is 16.1. The Labute approximate surface area is 159 Å². The van der Waals surface area contributed by atoms with Crippen molar-refractivity contribution in [3.8, 4) is 11.5 Å². The highest BCUT2D eigenvalue weighted by atomic mass is 16.5. The lowest BCUT2D eigenvalue weighted by atomic mass is 10.1. The molecule has 0 heterocycles. The van der Waals surface area contributed by atoms with Gasteiger partial charge in [0.05, 0.1) is 14.2 Å². The second-order valence-corrected chi connectivity index (χ2v) is 5.82. The highest BCUT2D eigenvalue weighted by molar-refractivity contribution is 5.95. The molecule has 0 radical (unpaired) electrons. The first kappa shape index (κ1) is 20.1. The molecule has 0 aliphatic carbocycles. The zero-order chi connectivity index (χ0) is 19.6. The smallest absolute Gasteiger partial charge is 0.251 e. The van der Waals surface area contributed by atoms with Gasteiger partial charge >= 0.3 is 0 Å². The van der Waals surface area contributed by atoms with E-state index in [1.54, 1.807) is 27.3 Å². The Morgan fingerprint density at radius 2 is 1.74 bits per heavy atom. The molecule has 2 aromatic rings. The standard InChI is InChI=1S/C20H26N4O3/c1-14-6-5-7-15(12-14)19(25)22-10-11-23-20(21-2)24-16-8-9-17(26-3)18(13-16)27-4/h5-9,12-13H,10-11H2,1-4H3,(H,22,25)(H2,21,23,24). The highest BCUT2D eigenvalue weighted by Crippen LogP contribution is 2.29. The SMILES string of the molecule is CN=C(NCCNC(=O)c1cccc(C)c1)Nc1ccc(OC)c(OC)c1. The maximum atomic E-state index is 12.1. The summed E-state index contributed by atoms with van der Waals surface area (Å²) in [5.74, 6) is 1.78. The first-order valence-corrected chi connectivity index (χ1v) is 8.62. The predicted octanol–water partition coefficient (Wildman–Crippen LogP) is 2.43. The van der Waals surface area contributed by atoms with Crippen LogP contribution in [0.15, 0.2) is 47.5 Å². The third-order valence-electron chi connectivity index (χ3n) is 3.85. The predicted molar refractivity (Wildman–Crippen MR) is 108 cm³/mol. The van der Waals surface area contributed by atoms with E-state index in [0.717, 1.165) is 11.3 Å². The molecule has 0 aliphatic rings. The number of hydrogen-bond donors (Lipinski definition) is 3. The molecule has 0 aromatic heterocycles. The Bertz CT molecular complexity index is 806. The minimum atomic E-state index is -0.0941. The minimum absolute atomic E-state index is 0.0941. The van der Waals surface area contributed by atoms with Gasteiger partial charge in [-0.1, -0.05) is 17.7 Å². The molecule has 0 unspecified atom stereocenters. The second-order valence-electron chi connectivity index (χ2n) is 5.82. The van der Waals surface area contributed by atoms with Crippen molar-refractivity contribution in [2.24, 2.45) is 4.99 Å². The molecule has 3 N–H and O–H groups in total. The number of guanidine groups is 1. The van der Waals surface area contributed by atoms with Crippen molar-refractivity contribution in [2.45, 2.75) is 6.92 Å². The lowest BCUT2D eigenvalue weighted by molar-refractivity contribution is 0.0954. The Hall–Kier alpha value is -3.22. The molecule has 0 spiro atoms. The number of rotatable bonds is 7. The van der Waals surface area contributed by atoms with Crippen LogP contribution in [-0.4, -0.2) is 46.2 Å². The van der Waals surface area contributed by atoms with Gasteiger partial charge in [0.25, 0.3) is 5.91 Å². The van der Waals surface area contributed by atoms with Gasteiger partial charge in [-0.15, -0.1) is 0 Å². The van der Waals surface area contributed by atoms with Crippen molar-refractivity contribution in [2.75, 3.05) is 39.7 Å². The van der Waals surface area contributed by atoms with E-state index in [0.29, 0.717) is 36.1 Å². The Balaban J connectivity index is 1.83. The number of hydrogen-bond acceptors (Lipinski definition) is 4. The number of methoxy groups -OCH3 is 2. The Morgan fingerprint density at radius 1 is 1.00 bits per heavy atom. The van der Waals surface area contributed by atoms with Crippen LogP contribution in [0.4, 0.5) is 5.69 Å². The normalized spacial score (nSPS) is 10.9. The molecule has 2 rings (SSSR count). The van der Waals surface area contributed by atoms with Crippen molar-refractivity contribution in [1.29, 1.82) is 0 Å². The molecule has 0 saturated carbocycles. The van der Waals surface area contributed by atoms with Gasteiger partial charge in [0.15, 0.2) is 17.5 Å². The summed E-state index contributed by atoms with van der Waals surface area (Å²) < 4.78 is 10.5. The molecule has 144 valence electrons. The van der Waals surface area contributed by atoms with Crippen molar-refractivity contribution >= 4 is 17.6 Å². The third-order valence-corrected chi connectivity index (χ3v) is 3.85. The van der Waals surface area contributed by atoms with Gasteiger partial charge in [0.2, 0.25) is 0 Å². The molecule has 1 amide bonds. The van der Waals surface area contributed by atoms with Gasteiger partial charge < -0.3 is 25.4 Å². The van der Waals surface area contributed by atoms with E-state index in [2.05, 4.69) is 20.9 Å². The molecular formula is C20H26N4O3. The van der Waals surface area contributed by atoms with E-state index in [4.69, 9.17) is 9.47 Å². The summed E-state index contributed by atoms with van der Waals surface area (Å²) in [6.45, 7) is 2.96. The van der Waals surface area contributed by atoms with Crippen LogP contribution in [0.25, 0.3) is 0 Å². The average molecular weight is 370 g/mol. The number of nitrogens with one attached hydrogen (secondary N) is 3. The van der Waals surface area contributed by atoms with E-state index in [9.17, 15) is 4.79 Å². The van der Waals surface area contributed by atoms with Gasteiger partial charge in [-0.05, 0) is 31.2 Å². The minimum Gasteiger partial charge on any atom is -0.493 e. The number of ether oxygens (including phenoxy) is 2. The molecule has 0 saturated heterocycles. The lowest BCUT2D eigenvalue weighted by Crippen LogP contribution is -2.37. The van der Waals surface area contributed by atoms with Crippen LogP contribution in [0.3, 0.4) is 0 Å². The monoisotopic (exact) mass is 370 g/mol. The van der Waals surface area contributed by atoms with Crippen molar-refractivity contribution < 1.29 is 14.3 Å². The number of amides is 1. The van der Waals surface area contributed by atoms with E-state index in [1.165, 1.54) is 0 Å². The summed E-state index contributed by atoms with van der Waals surface area (Å²) in [5, 5.41) is 9.21. The summed E-state index contributed by atoms with van der Waals surface area (Å²) >= 11 is 0. The van der Waals surface area contributed by atoms with Gasteiger partial charge in [0.1, 0.15) is 0 Å². The van der Waals surface area contributed by atoms with Crippen molar-refractivity contribution in [3.05, 3.63) is 53.6 Å². The molecular weight excluding hydrogens is 344 g/mol. The van der Waals surface area contributed by atoms with Gasteiger partial charge in [-0.2, -0.15) is 0 Å². The van der Waals surface area contributed by atoms with Gasteiger partial charge in [-0.3, -0.25) is 9.79 Å². The first-order chi connectivity index (χ1) is 13.1. The molecule has 0 fully saturated rings. The second kappa shape index (κ2) is 10.1.